The van der Waals surface area contributed by atoms with Crippen molar-refractivity contribution < 1.29 is 21.4 Å². The second-order valence-electron chi connectivity index (χ2n) is 3.55. The first-order valence-corrected chi connectivity index (χ1v) is 11.9. The first-order chi connectivity index (χ1) is 6.50. The van der Waals surface area contributed by atoms with Crippen molar-refractivity contribution in [3.63, 3.8) is 0 Å². The molecule has 0 saturated carbocycles. The van der Waals surface area contributed by atoms with Gasteiger partial charge in [-0.05, 0) is 40.0 Å². The molecule has 14 heavy (non-hydrogen) atoms. The van der Waals surface area contributed by atoms with E-state index in [2.05, 4.69) is 13.6 Å². The molecule has 0 heterocycles. The van der Waals surface area contributed by atoms with E-state index in [0.29, 0.717) is 12.1 Å². The second-order valence-corrected chi connectivity index (χ2v) is 3.55. The summed E-state index contributed by atoms with van der Waals surface area (Å²) >= 11 is 4.25. The van der Waals surface area contributed by atoms with Gasteiger partial charge in [-0.2, -0.15) is 0 Å². The van der Waals surface area contributed by atoms with E-state index in [-0.39, 0.29) is 5.88 Å². The van der Waals surface area contributed by atoms with Crippen molar-refractivity contribution in [2.24, 2.45) is 0 Å². The molecule has 0 aromatic rings. The average molecular weight is 316 g/mol. The van der Waals surface area contributed by atoms with E-state index in [0.717, 1.165) is 6.42 Å². The standard InChI is InChI=1S/C10H21NO.BrH.Zn/c1-6-7-10(12)11(8(2)3)9(4)5;;/h7-9,12H,6H2,1-5H3;1H;/q;;+2/p-2. The van der Waals surface area contributed by atoms with Crippen LogP contribution in [-0.2, 0) is 16.3 Å². The topological polar surface area (TPSA) is 26.3 Å². The summed E-state index contributed by atoms with van der Waals surface area (Å²) in [6.07, 6.45) is 2.55. The first kappa shape index (κ1) is 16.9. The molecule has 0 aliphatic heterocycles. The van der Waals surface area contributed by atoms with E-state index in [9.17, 15) is 5.11 Å². The third-order valence-corrected chi connectivity index (χ3v) is 1.75. The Hall–Kier alpha value is 0.443. The van der Waals surface area contributed by atoms with Crippen LogP contribution >= 0.6 is 13.6 Å². The molecule has 0 aromatic heterocycles. The summed E-state index contributed by atoms with van der Waals surface area (Å²) in [5.74, 6) is 0.155. The molecule has 0 bridgehead atoms. The van der Waals surface area contributed by atoms with E-state index >= 15 is 0 Å². The SMILES string of the molecule is CCC=C([O-])N(C(C)C)C(C)C.[Zn+][Br]. The van der Waals surface area contributed by atoms with Crippen LogP contribution in [0.25, 0.3) is 0 Å². The van der Waals surface area contributed by atoms with Crippen LogP contribution in [0.3, 0.4) is 0 Å². The molecular formula is C10H20BrNOZn. The normalized spacial score (nSPS) is 11.4. The van der Waals surface area contributed by atoms with Crippen LogP contribution in [0.15, 0.2) is 12.0 Å². The van der Waals surface area contributed by atoms with E-state index in [4.69, 9.17) is 0 Å². The van der Waals surface area contributed by atoms with Gasteiger partial charge in [-0.3, -0.25) is 0 Å². The van der Waals surface area contributed by atoms with Crippen molar-refractivity contribution in [3.8, 4) is 0 Å². The van der Waals surface area contributed by atoms with Crippen LogP contribution in [-0.4, -0.2) is 17.0 Å². The van der Waals surface area contributed by atoms with Gasteiger partial charge in [0.2, 0.25) is 0 Å². The van der Waals surface area contributed by atoms with Crippen LogP contribution in [0.5, 0.6) is 0 Å². The summed E-state index contributed by atoms with van der Waals surface area (Å²) < 4.78 is 0. The predicted octanol–water partition coefficient (Wildman–Crippen LogP) is 2.56. The molecule has 0 atom stereocenters. The van der Waals surface area contributed by atoms with E-state index < -0.39 is 0 Å². The third-order valence-electron chi connectivity index (χ3n) is 1.75. The number of allylic oxidation sites excluding steroid dienone is 1. The fourth-order valence-electron chi connectivity index (χ4n) is 1.39. The van der Waals surface area contributed by atoms with Gasteiger partial charge in [-0.1, -0.05) is 13.0 Å². The minimum atomic E-state index is 0.155. The number of rotatable bonds is 4. The quantitative estimate of drug-likeness (QED) is 0.589. The fraction of sp³-hybridized carbons (Fsp3) is 0.800. The number of hydrogen-bond donors (Lipinski definition) is 0. The van der Waals surface area contributed by atoms with Crippen LogP contribution < -0.4 is 5.11 Å². The van der Waals surface area contributed by atoms with Crippen molar-refractivity contribution in [1.29, 1.82) is 0 Å². The van der Waals surface area contributed by atoms with Crippen molar-refractivity contribution in [3.05, 3.63) is 12.0 Å². The van der Waals surface area contributed by atoms with Crippen molar-refractivity contribution in [1.82, 2.24) is 4.90 Å². The Kier molecular flexibility index (Phi) is 12.0. The zero-order chi connectivity index (χ0) is 11.7. The average Bonchev–Trinajstić information content (AvgIpc) is 2.06. The summed E-state index contributed by atoms with van der Waals surface area (Å²) in [4.78, 5) is 1.89. The summed E-state index contributed by atoms with van der Waals surface area (Å²) in [6, 6.07) is 0.584. The van der Waals surface area contributed by atoms with Gasteiger partial charge in [-0.15, -0.1) is 0 Å². The zero-order valence-electron chi connectivity index (χ0n) is 9.88. The molecule has 0 amide bonds. The van der Waals surface area contributed by atoms with Gasteiger partial charge in [0.25, 0.3) is 0 Å². The first-order valence-electron chi connectivity index (χ1n) is 4.92. The number of halogens is 1. The van der Waals surface area contributed by atoms with Crippen molar-refractivity contribution >= 4 is 13.6 Å². The molecule has 0 saturated heterocycles. The minimum absolute atomic E-state index is 0.155. The molecule has 0 unspecified atom stereocenters. The van der Waals surface area contributed by atoms with Crippen LogP contribution in [0.1, 0.15) is 41.0 Å². The Balaban J connectivity index is 0. The Bertz CT molecular complexity index is 152. The molecular weight excluding hydrogens is 295 g/mol. The van der Waals surface area contributed by atoms with Crippen molar-refractivity contribution in [2.45, 2.75) is 53.1 Å². The second kappa shape index (κ2) is 9.98. The fourth-order valence-corrected chi connectivity index (χ4v) is 1.39. The molecule has 2 nitrogen and oxygen atoms in total. The number of hydrogen-bond acceptors (Lipinski definition) is 2. The Morgan fingerprint density at radius 3 is 1.86 bits per heavy atom. The molecule has 0 aliphatic rings. The molecule has 80 valence electrons. The van der Waals surface area contributed by atoms with E-state index in [1.807, 2.05) is 39.5 Å². The molecule has 0 rings (SSSR count). The summed E-state index contributed by atoms with van der Waals surface area (Å²) in [7, 11) is 0. The van der Waals surface area contributed by atoms with Gasteiger partial charge in [0.15, 0.2) is 0 Å². The maximum absolute atomic E-state index is 11.5. The number of nitrogens with zero attached hydrogens (tertiary/aromatic N) is 1. The van der Waals surface area contributed by atoms with Crippen LogP contribution in [0.4, 0.5) is 0 Å². The third kappa shape index (κ3) is 6.83. The van der Waals surface area contributed by atoms with Gasteiger partial charge in [0, 0.05) is 12.1 Å². The Morgan fingerprint density at radius 2 is 1.64 bits per heavy atom. The molecule has 0 aromatic carbocycles. The molecule has 0 radical (unpaired) electrons. The van der Waals surface area contributed by atoms with Crippen LogP contribution in [0.2, 0.25) is 0 Å². The molecule has 0 spiro atoms. The van der Waals surface area contributed by atoms with E-state index in [1.54, 1.807) is 6.08 Å². The maximum atomic E-state index is 11.5. The monoisotopic (exact) mass is 313 g/mol. The Labute approximate surface area is 105 Å². The van der Waals surface area contributed by atoms with Gasteiger partial charge in [0.1, 0.15) is 0 Å². The summed E-state index contributed by atoms with van der Waals surface area (Å²) in [5.41, 5.74) is 0. The van der Waals surface area contributed by atoms with Gasteiger partial charge >= 0.3 is 30.0 Å². The molecule has 0 aliphatic carbocycles. The van der Waals surface area contributed by atoms with Gasteiger partial charge < -0.3 is 10.0 Å². The van der Waals surface area contributed by atoms with Gasteiger partial charge in [-0.25, -0.2) is 0 Å². The summed E-state index contributed by atoms with van der Waals surface area (Å²) in [6.45, 7) is 10.2. The molecule has 4 heteroatoms. The Morgan fingerprint density at radius 1 is 1.29 bits per heavy atom. The van der Waals surface area contributed by atoms with Crippen LogP contribution in [0, 0.1) is 0 Å². The molecule has 0 fully saturated rings. The predicted molar refractivity (Wildman–Crippen MR) is 59.4 cm³/mol. The molecule has 0 N–H and O–H groups in total. The van der Waals surface area contributed by atoms with Crippen molar-refractivity contribution in [2.75, 3.05) is 0 Å². The van der Waals surface area contributed by atoms with E-state index in [1.165, 1.54) is 16.3 Å². The van der Waals surface area contributed by atoms with Gasteiger partial charge in [0.05, 0.1) is 0 Å². The zero-order valence-corrected chi connectivity index (χ0v) is 14.4. The summed E-state index contributed by atoms with van der Waals surface area (Å²) in [5, 5.41) is 11.5.